The third-order valence-electron chi connectivity index (χ3n) is 4.24. The lowest BCUT2D eigenvalue weighted by Crippen LogP contribution is -2.41. The van der Waals surface area contributed by atoms with Gasteiger partial charge in [0, 0.05) is 31.2 Å². The summed E-state index contributed by atoms with van der Waals surface area (Å²) in [5.41, 5.74) is 0.592. The van der Waals surface area contributed by atoms with Gasteiger partial charge in [-0.3, -0.25) is 4.79 Å². The fraction of sp³-hybridized carbons (Fsp3) is 0.421. The second-order valence-corrected chi connectivity index (χ2v) is 6.37. The van der Waals surface area contributed by atoms with E-state index in [0.29, 0.717) is 35.3 Å². The summed E-state index contributed by atoms with van der Waals surface area (Å²) >= 11 is 0. The highest BCUT2D eigenvalue weighted by Gasteiger charge is 2.33. The van der Waals surface area contributed by atoms with Crippen LogP contribution in [0.1, 0.15) is 37.2 Å². The molecule has 1 aromatic heterocycles. The number of ether oxygens (including phenoxy) is 4. The Kier molecular flexibility index (Phi) is 5.84. The van der Waals surface area contributed by atoms with Crippen LogP contribution in [0.5, 0.6) is 11.5 Å². The molecule has 1 aliphatic rings. The molecule has 0 bridgehead atoms. The monoisotopic (exact) mass is 391 g/mol. The lowest BCUT2D eigenvalue weighted by atomic mass is 10.1. The molecule has 3 rings (SSSR count). The second-order valence-electron chi connectivity index (χ2n) is 6.37. The third-order valence-corrected chi connectivity index (χ3v) is 4.24. The molecule has 2 heterocycles. The maximum atomic E-state index is 11.3. The van der Waals surface area contributed by atoms with Crippen LogP contribution in [0, 0.1) is 0 Å². The van der Waals surface area contributed by atoms with Crippen LogP contribution in [0.4, 0.5) is 0 Å². The first-order valence-electron chi connectivity index (χ1n) is 8.87. The number of rotatable bonds is 7. The second kappa shape index (κ2) is 8.30. The smallest absolute Gasteiger partial charge is 0.352 e. The average Bonchev–Trinajstić information content (AvgIpc) is 3.04. The number of carboxylic acids is 1. The van der Waals surface area contributed by atoms with E-state index in [1.54, 1.807) is 12.1 Å². The number of nitrogens with one attached hydrogen (secondary N) is 1. The normalized spacial score (nSPS) is 21.9. The Balaban J connectivity index is 1.88. The summed E-state index contributed by atoms with van der Waals surface area (Å²) in [7, 11) is 0. The maximum absolute atomic E-state index is 11.3. The number of H-pyrrole nitrogens is 1. The van der Waals surface area contributed by atoms with Crippen molar-refractivity contribution in [3.8, 4) is 11.5 Å². The van der Waals surface area contributed by atoms with Gasteiger partial charge in [-0.1, -0.05) is 0 Å². The highest BCUT2D eigenvalue weighted by Crippen LogP contribution is 2.35. The minimum absolute atomic E-state index is 0.0412. The summed E-state index contributed by atoms with van der Waals surface area (Å²) in [6, 6.07) is 4.78. The van der Waals surface area contributed by atoms with Crippen LogP contribution in [0.15, 0.2) is 18.2 Å². The van der Waals surface area contributed by atoms with Crippen molar-refractivity contribution in [3.63, 3.8) is 0 Å². The van der Waals surface area contributed by atoms with Crippen LogP contribution in [-0.2, 0) is 19.1 Å². The Morgan fingerprint density at radius 1 is 1.29 bits per heavy atom. The topological polar surface area (TPSA) is 124 Å². The van der Waals surface area contributed by atoms with Gasteiger partial charge in [0.1, 0.15) is 24.2 Å². The molecular formula is C19H21NO8. The van der Waals surface area contributed by atoms with Crippen molar-refractivity contribution < 1.29 is 38.4 Å². The minimum atomic E-state index is -1.08. The Labute approximate surface area is 160 Å². The lowest BCUT2D eigenvalue weighted by Gasteiger charge is -2.32. The molecule has 2 aromatic rings. The van der Waals surface area contributed by atoms with Crippen molar-refractivity contribution >= 4 is 29.1 Å². The summed E-state index contributed by atoms with van der Waals surface area (Å²) in [4.78, 5) is 36.4. The quantitative estimate of drug-likeness (QED) is 0.544. The van der Waals surface area contributed by atoms with Gasteiger partial charge in [0.2, 0.25) is 6.29 Å². The summed E-state index contributed by atoms with van der Waals surface area (Å²) < 4.78 is 22.3. The van der Waals surface area contributed by atoms with E-state index >= 15 is 0 Å². The van der Waals surface area contributed by atoms with E-state index < -0.39 is 30.4 Å². The number of carboxylic acid groups (broad SMARTS) is 1. The molecule has 1 aliphatic heterocycles. The summed E-state index contributed by atoms with van der Waals surface area (Å²) in [5.74, 6) is -0.789. The number of aromatic nitrogens is 1. The molecule has 2 N–H and O–H groups in total. The number of hydrogen-bond donors (Lipinski definition) is 2. The molecule has 28 heavy (non-hydrogen) atoms. The van der Waals surface area contributed by atoms with Gasteiger partial charge in [0.25, 0.3) is 0 Å². The molecule has 9 heteroatoms. The van der Waals surface area contributed by atoms with E-state index in [1.165, 1.54) is 13.0 Å². The molecule has 1 aromatic carbocycles. The van der Waals surface area contributed by atoms with Gasteiger partial charge < -0.3 is 33.8 Å². The van der Waals surface area contributed by atoms with Crippen molar-refractivity contribution in [1.82, 2.24) is 4.98 Å². The zero-order valence-electron chi connectivity index (χ0n) is 15.5. The van der Waals surface area contributed by atoms with Gasteiger partial charge in [0.05, 0.1) is 12.1 Å². The van der Waals surface area contributed by atoms with Gasteiger partial charge in [0.15, 0.2) is 11.5 Å². The number of aromatic carboxylic acids is 1. The molecule has 0 saturated carbocycles. The molecule has 0 spiro atoms. The van der Waals surface area contributed by atoms with Gasteiger partial charge in [-0.2, -0.15) is 0 Å². The first kappa shape index (κ1) is 19.7. The van der Waals surface area contributed by atoms with Crippen LogP contribution in [-0.4, -0.2) is 53.4 Å². The molecule has 1 fully saturated rings. The zero-order chi connectivity index (χ0) is 20.3. The van der Waals surface area contributed by atoms with Gasteiger partial charge in [-0.25, -0.2) is 4.79 Å². The van der Waals surface area contributed by atoms with Gasteiger partial charge in [-0.15, -0.1) is 0 Å². The van der Waals surface area contributed by atoms with Crippen molar-refractivity contribution in [2.24, 2.45) is 0 Å². The summed E-state index contributed by atoms with van der Waals surface area (Å²) in [6.07, 6.45) is -0.944. The van der Waals surface area contributed by atoms with Crippen molar-refractivity contribution in [2.75, 3.05) is 6.61 Å². The van der Waals surface area contributed by atoms with E-state index in [4.69, 9.17) is 24.1 Å². The van der Waals surface area contributed by atoms with Crippen molar-refractivity contribution in [1.29, 1.82) is 0 Å². The molecule has 0 amide bonds. The van der Waals surface area contributed by atoms with Crippen LogP contribution in [0.2, 0.25) is 0 Å². The summed E-state index contributed by atoms with van der Waals surface area (Å²) in [5, 5.41) is 9.81. The summed E-state index contributed by atoms with van der Waals surface area (Å²) in [6.45, 7) is 3.48. The Bertz CT molecular complexity index is 889. The largest absolute Gasteiger partial charge is 0.490 e. The number of esters is 1. The number of benzene rings is 1. The van der Waals surface area contributed by atoms with E-state index in [-0.39, 0.29) is 18.5 Å². The molecular weight excluding hydrogens is 370 g/mol. The van der Waals surface area contributed by atoms with Crippen LogP contribution >= 0.6 is 0 Å². The number of hydrogen-bond acceptors (Lipinski definition) is 7. The van der Waals surface area contributed by atoms with Crippen LogP contribution in [0.25, 0.3) is 10.9 Å². The standard InChI is InChI=1S/C19H21NO8/c1-3-25-16-5-11-4-15(19(23)24)20-14(11)8-17(16)28-18-7-12(26-10(2)22)6-13(9-21)27-18/h4-5,8-9,12-13,18,20H,3,6-7H2,1-2H3,(H,23,24). The predicted molar refractivity (Wildman–Crippen MR) is 96.6 cm³/mol. The van der Waals surface area contributed by atoms with Gasteiger partial charge in [-0.05, 0) is 19.1 Å². The first-order chi connectivity index (χ1) is 13.4. The van der Waals surface area contributed by atoms with Crippen molar-refractivity contribution in [2.45, 2.75) is 45.2 Å². The molecule has 150 valence electrons. The fourth-order valence-corrected chi connectivity index (χ4v) is 3.13. The van der Waals surface area contributed by atoms with E-state index in [0.717, 1.165) is 0 Å². The fourth-order valence-electron chi connectivity index (χ4n) is 3.13. The minimum Gasteiger partial charge on any atom is -0.490 e. The maximum Gasteiger partial charge on any atom is 0.352 e. The molecule has 1 saturated heterocycles. The highest BCUT2D eigenvalue weighted by molar-refractivity contribution is 5.94. The molecule has 3 atom stereocenters. The van der Waals surface area contributed by atoms with Gasteiger partial charge >= 0.3 is 11.9 Å². The van der Waals surface area contributed by atoms with E-state index in [9.17, 15) is 14.4 Å². The third kappa shape index (κ3) is 4.42. The van der Waals surface area contributed by atoms with Crippen LogP contribution < -0.4 is 9.47 Å². The SMILES string of the molecule is CCOc1cc2cc(C(=O)O)[nH]c2cc1OC1CC(OC(C)=O)CC(C=O)O1. The number of carbonyl (C=O) groups is 3. The zero-order valence-corrected chi connectivity index (χ0v) is 15.5. The van der Waals surface area contributed by atoms with E-state index in [1.807, 2.05) is 6.92 Å². The Morgan fingerprint density at radius 2 is 2.07 bits per heavy atom. The van der Waals surface area contributed by atoms with Crippen LogP contribution in [0.3, 0.4) is 0 Å². The number of fused-ring (bicyclic) bond motifs is 1. The molecule has 9 nitrogen and oxygen atoms in total. The first-order valence-corrected chi connectivity index (χ1v) is 8.87. The van der Waals surface area contributed by atoms with E-state index in [2.05, 4.69) is 4.98 Å². The number of carbonyl (C=O) groups excluding carboxylic acids is 2. The molecule has 0 radical (unpaired) electrons. The Morgan fingerprint density at radius 3 is 2.71 bits per heavy atom. The Hall–Kier alpha value is -3.07. The van der Waals surface area contributed by atoms with Crippen molar-refractivity contribution in [3.05, 3.63) is 23.9 Å². The molecule has 0 aliphatic carbocycles. The lowest BCUT2D eigenvalue weighted by molar-refractivity contribution is -0.188. The average molecular weight is 391 g/mol. The molecule has 3 unspecified atom stereocenters. The highest BCUT2D eigenvalue weighted by atomic mass is 16.7. The predicted octanol–water partition coefficient (Wildman–Crippen LogP) is 2.28. The number of aromatic amines is 1. The number of aldehydes is 1.